The lowest BCUT2D eigenvalue weighted by Gasteiger charge is -2.24. The van der Waals surface area contributed by atoms with E-state index in [1.165, 1.54) is 27.9 Å². The van der Waals surface area contributed by atoms with Gasteiger partial charge in [-0.3, -0.25) is 4.58 Å². The predicted octanol–water partition coefficient (Wildman–Crippen LogP) is -0.238. The fraction of sp³-hybridized carbons (Fsp3) is 0.409. The summed E-state index contributed by atoms with van der Waals surface area (Å²) in [6.07, 6.45) is 2.25. The van der Waals surface area contributed by atoms with Crippen molar-refractivity contribution in [3.05, 3.63) is 58.7 Å². The lowest BCUT2D eigenvalue weighted by Crippen LogP contribution is -3.00. The van der Waals surface area contributed by atoms with Crippen LogP contribution in [0.3, 0.4) is 0 Å². The second-order valence-electron chi connectivity index (χ2n) is 7.39. The van der Waals surface area contributed by atoms with E-state index >= 15 is 0 Å². The van der Waals surface area contributed by atoms with Crippen LogP contribution in [0.15, 0.2) is 36.4 Å². The summed E-state index contributed by atoms with van der Waals surface area (Å²) < 4.78 is 19.0. The number of rotatable bonds is 7. The second kappa shape index (κ2) is 10.00. The number of nitrogens with zero attached hydrogens (tertiary/aromatic N) is 2. The number of aryl methyl sites for hydroxylation is 3. The average Bonchev–Trinajstić information content (AvgIpc) is 3.12. The molecule has 0 spiro atoms. The molecule has 1 heterocycles. The standard InChI is InChI=1S/C22H31N2O3Si.BrH/c1-17-13-18(2)22(19(3)14-17)24-12-11-23(16-24)15-20-7-9-21(10-8-20)28(25-4,26-5)27-6;/h7-10,13-14,16H,11-12,15H2,1-6H3;1H/q+1;/p-1. The molecule has 2 aromatic rings. The first-order valence-corrected chi connectivity index (χ1v) is 11.3. The summed E-state index contributed by atoms with van der Waals surface area (Å²) in [4.78, 5) is 2.37. The van der Waals surface area contributed by atoms with Gasteiger partial charge in [-0.25, -0.2) is 4.90 Å². The molecule has 2 aromatic carbocycles. The third kappa shape index (κ3) is 4.98. The number of halogens is 1. The quantitative estimate of drug-likeness (QED) is 0.406. The van der Waals surface area contributed by atoms with E-state index in [-0.39, 0.29) is 17.0 Å². The van der Waals surface area contributed by atoms with Gasteiger partial charge in [-0.05, 0) is 37.5 Å². The molecule has 0 amide bonds. The number of hydrogen-bond donors (Lipinski definition) is 0. The average molecular weight is 479 g/mol. The third-order valence-corrected chi connectivity index (χ3v) is 8.01. The fourth-order valence-electron chi connectivity index (χ4n) is 4.12. The Morgan fingerprint density at radius 1 is 0.931 bits per heavy atom. The Morgan fingerprint density at radius 2 is 1.48 bits per heavy atom. The van der Waals surface area contributed by atoms with Gasteiger partial charge in [-0.2, -0.15) is 0 Å². The van der Waals surface area contributed by atoms with Crippen molar-refractivity contribution in [2.24, 2.45) is 0 Å². The predicted molar refractivity (Wildman–Crippen MR) is 116 cm³/mol. The topological polar surface area (TPSA) is 33.9 Å². The van der Waals surface area contributed by atoms with Crippen LogP contribution in [0.1, 0.15) is 22.3 Å². The maximum absolute atomic E-state index is 5.56. The molecule has 0 unspecified atom stereocenters. The minimum Gasteiger partial charge on any atom is -1.00 e. The maximum atomic E-state index is 5.56. The minimum absolute atomic E-state index is 0. The summed E-state index contributed by atoms with van der Waals surface area (Å²) in [6, 6.07) is 12.9. The van der Waals surface area contributed by atoms with Crippen molar-refractivity contribution in [1.82, 2.24) is 0 Å². The summed E-state index contributed by atoms with van der Waals surface area (Å²) >= 11 is 0. The molecular formula is C22H31BrN2O3Si. The van der Waals surface area contributed by atoms with Crippen molar-refractivity contribution in [2.45, 2.75) is 27.3 Å². The van der Waals surface area contributed by atoms with Gasteiger partial charge in [0.15, 0.2) is 0 Å². The number of anilines is 1. The highest BCUT2D eigenvalue weighted by Crippen LogP contribution is 2.26. The van der Waals surface area contributed by atoms with E-state index in [0.29, 0.717) is 0 Å². The minimum atomic E-state index is -2.76. The van der Waals surface area contributed by atoms with Gasteiger partial charge in [0.1, 0.15) is 25.3 Å². The van der Waals surface area contributed by atoms with Crippen LogP contribution in [0.2, 0.25) is 0 Å². The SMILES string of the molecule is CO[Si](OC)(OC)c1ccc(C[N+]2=CN(c3c(C)cc(C)cc3C)CC2)cc1.[Br-]. The van der Waals surface area contributed by atoms with Gasteiger partial charge in [-0.1, -0.05) is 42.0 Å². The zero-order valence-corrected chi connectivity index (χ0v) is 20.7. The van der Waals surface area contributed by atoms with E-state index < -0.39 is 8.80 Å². The molecule has 0 N–H and O–H groups in total. The molecular weight excluding hydrogens is 448 g/mol. The highest BCUT2D eigenvalue weighted by Gasteiger charge is 2.40. The largest absolute Gasteiger partial charge is 1.00 e. The monoisotopic (exact) mass is 478 g/mol. The molecule has 0 saturated carbocycles. The highest BCUT2D eigenvalue weighted by atomic mass is 79.9. The first-order valence-electron chi connectivity index (χ1n) is 9.61. The zero-order valence-electron chi connectivity index (χ0n) is 18.2. The molecule has 1 aliphatic rings. The molecule has 3 rings (SSSR count). The fourth-order valence-corrected chi connectivity index (χ4v) is 5.90. The number of benzene rings is 2. The summed E-state index contributed by atoms with van der Waals surface area (Å²) in [5, 5.41) is 0.974. The van der Waals surface area contributed by atoms with Crippen molar-refractivity contribution in [2.75, 3.05) is 39.3 Å². The molecule has 0 fully saturated rings. The van der Waals surface area contributed by atoms with Gasteiger partial charge in [0.25, 0.3) is 0 Å². The van der Waals surface area contributed by atoms with Crippen LogP contribution in [-0.2, 0) is 19.8 Å². The van der Waals surface area contributed by atoms with Gasteiger partial charge in [-0.15, -0.1) is 0 Å². The summed E-state index contributed by atoms with van der Waals surface area (Å²) in [6.45, 7) is 9.45. The molecule has 5 nitrogen and oxygen atoms in total. The normalized spacial score (nSPS) is 14.0. The molecule has 0 aromatic heterocycles. The van der Waals surface area contributed by atoms with Crippen molar-refractivity contribution in [1.29, 1.82) is 0 Å². The number of hydrogen-bond acceptors (Lipinski definition) is 4. The molecule has 7 heteroatoms. The molecule has 1 aliphatic heterocycles. The van der Waals surface area contributed by atoms with Gasteiger partial charge < -0.3 is 30.3 Å². The van der Waals surface area contributed by atoms with E-state index in [9.17, 15) is 0 Å². The summed E-state index contributed by atoms with van der Waals surface area (Å²) in [5.41, 5.74) is 6.57. The smallest absolute Gasteiger partial charge is 0.536 e. The molecule has 29 heavy (non-hydrogen) atoms. The van der Waals surface area contributed by atoms with E-state index in [0.717, 1.165) is 24.8 Å². The molecule has 0 aliphatic carbocycles. The van der Waals surface area contributed by atoms with E-state index in [4.69, 9.17) is 13.3 Å². The molecule has 0 saturated heterocycles. The highest BCUT2D eigenvalue weighted by molar-refractivity contribution is 6.75. The van der Waals surface area contributed by atoms with Crippen molar-refractivity contribution < 1.29 is 34.8 Å². The van der Waals surface area contributed by atoms with Crippen LogP contribution >= 0.6 is 0 Å². The Bertz CT molecular complexity index is 836. The third-order valence-electron chi connectivity index (χ3n) is 5.35. The van der Waals surface area contributed by atoms with Crippen LogP contribution in [0.4, 0.5) is 5.69 Å². The Morgan fingerprint density at radius 3 is 2.00 bits per heavy atom. The zero-order chi connectivity index (χ0) is 20.3. The Kier molecular flexibility index (Phi) is 8.19. The first kappa shape index (κ1) is 23.8. The van der Waals surface area contributed by atoms with E-state index in [2.05, 4.69) is 73.0 Å². The van der Waals surface area contributed by atoms with Crippen LogP contribution in [0, 0.1) is 20.8 Å². The van der Waals surface area contributed by atoms with Crippen molar-refractivity contribution in [3.8, 4) is 0 Å². The Hall–Kier alpha value is -1.51. The van der Waals surface area contributed by atoms with Crippen LogP contribution in [0.25, 0.3) is 0 Å². The Labute approximate surface area is 186 Å². The van der Waals surface area contributed by atoms with E-state index in [1.54, 1.807) is 21.3 Å². The summed E-state index contributed by atoms with van der Waals surface area (Å²) in [7, 11) is 2.14. The maximum Gasteiger partial charge on any atom is 0.536 e. The van der Waals surface area contributed by atoms with Gasteiger partial charge in [0.05, 0.1) is 0 Å². The van der Waals surface area contributed by atoms with Crippen LogP contribution < -0.4 is 27.1 Å². The van der Waals surface area contributed by atoms with Crippen LogP contribution in [-0.4, -0.2) is 54.1 Å². The van der Waals surface area contributed by atoms with E-state index in [1.807, 2.05) is 0 Å². The van der Waals surface area contributed by atoms with Gasteiger partial charge in [0, 0.05) is 26.5 Å². The molecule has 0 bridgehead atoms. The lowest BCUT2D eigenvalue weighted by molar-refractivity contribution is -0.530. The Balaban J connectivity index is 0.00000300. The summed E-state index contributed by atoms with van der Waals surface area (Å²) in [5.74, 6) is 0. The van der Waals surface area contributed by atoms with Crippen LogP contribution in [0.5, 0.6) is 0 Å². The molecule has 158 valence electrons. The van der Waals surface area contributed by atoms with Gasteiger partial charge >= 0.3 is 8.80 Å². The van der Waals surface area contributed by atoms with Crippen molar-refractivity contribution in [3.63, 3.8) is 0 Å². The second-order valence-corrected chi connectivity index (χ2v) is 10.3. The van der Waals surface area contributed by atoms with Crippen molar-refractivity contribution >= 4 is 26.0 Å². The first-order chi connectivity index (χ1) is 13.4. The van der Waals surface area contributed by atoms with Gasteiger partial charge in [0.2, 0.25) is 6.34 Å². The molecule has 0 atom stereocenters. The lowest BCUT2D eigenvalue weighted by atomic mass is 10.0. The molecule has 0 radical (unpaired) electrons.